The number of rotatable bonds is 5. The second-order valence-corrected chi connectivity index (χ2v) is 6.59. The predicted molar refractivity (Wildman–Crippen MR) is 104 cm³/mol. The van der Waals surface area contributed by atoms with E-state index in [2.05, 4.69) is 15.2 Å². The Morgan fingerprint density at radius 2 is 2.28 bits per heavy atom. The monoisotopic (exact) mass is 395 g/mol. The number of aryl methyl sites for hydroxylation is 1. The van der Waals surface area contributed by atoms with Gasteiger partial charge in [0, 0.05) is 25.9 Å². The van der Waals surface area contributed by atoms with E-state index in [-0.39, 0.29) is 5.91 Å². The Balaban J connectivity index is 1.52. The SMILES string of the molecule is COc1cccc(C=CC(=O)N2CCOCC2c2noc(-c3cnn(C)c3)n2)c1. The van der Waals surface area contributed by atoms with Crippen molar-refractivity contribution in [2.75, 3.05) is 26.9 Å². The quantitative estimate of drug-likeness (QED) is 0.611. The van der Waals surface area contributed by atoms with Gasteiger partial charge >= 0.3 is 0 Å². The average molecular weight is 395 g/mol. The van der Waals surface area contributed by atoms with Crippen molar-refractivity contribution in [1.82, 2.24) is 24.8 Å². The summed E-state index contributed by atoms with van der Waals surface area (Å²) >= 11 is 0. The molecule has 1 aromatic carbocycles. The molecule has 0 N–H and O–H groups in total. The molecule has 3 heterocycles. The lowest BCUT2D eigenvalue weighted by Gasteiger charge is -2.32. The number of methoxy groups -OCH3 is 1. The summed E-state index contributed by atoms with van der Waals surface area (Å²) in [6.45, 7) is 1.22. The highest BCUT2D eigenvalue weighted by Gasteiger charge is 2.31. The van der Waals surface area contributed by atoms with Crippen molar-refractivity contribution < 1.29 is 18.8 Å². The molecule has 1 saturated heterocycles. The van der Waals surface area contributed by atoms with Crippen LogP contribution in [0.15, 0.2) is 47.3 Å². The summed E-state index contributed by atoms with van der Waals surface area (Å²) in [7, 11) is 3.42. The Kier molecular flexibility index (Phi) is 5.39. The zero-order valence-electron chi connectivity index (χ0n) is 16.2. The van der Waals surface area contributed by atoms with E-state index in [4.69, 9.17) is 14.0 Å². The van der Waals surface area contributed by atoms with Crippen molar-refractivity contribution in [3.8, 4) is 17.2 Å². The fourth-order valence-electron chi connectivity index (χ4n) is 3.11. The van der Waals surface area contributed by atoms with Crippen LogP contribution < -0.4 is 4.74 Å². The van der Waals surface area contributed by atoms with E-state index < -0.39 is 6.04 Å². The molecule has 0 radical (unpaired) electrons. The number of morpholine rings is 1. The molecule has 1 fully saturated rings. The van der Waals surface area contributed by atoms with Crippen LogP contribution in [0.2, 0.25) is 0 Å². The smallest absolute Gasteiger partial charge is 0.261 e. The molecular weight excluding hydrogens is 374 g/mol. The number of carbonyl (C=O) groups is 1. The van der Waals surface area contributed by atoms with Crippen molar-refractivity contribution in [2.45, 2.75) is 6.04 Å². The normalized spacial score (nSPS) is 17.0. The molecule has 0 bridgehead atoms. The highest BCUT2D eigenvalue weighted by Crippen LogP contribution is 2.25. The fourth-order valence-corrected chi connectivity index (χ4v) is 3.11. The number of aromatic nitrogens is 4. The molecule has 29 heavy (non-hydrogen) atoms. The molecule has 3 aromatic rings. The number of carbonyl (C=O) groups excluding carboxylic acids is 1. The maximum absolute atomic E-state index is 12.8. The van der Waals surface area contributed by atoms with E-state index in [1.54, 1.807) is 35.2 Å². The molecule has 150 valence electrons. The van der Waals surface area contributed by atoms with Crippen LogP contribution in [0.4, 0.5) is 0 Å². The molecular formula is C20H21N5O4. The average Bonchev–Trinajstić information content (AvgIpc) is 3.41. The summed E-state index contributed by atoms with van der Waals surface area (Å²) in [5.74, 6) is 1.36. The number of ether oxygens (including phenoxy) is 2. The minimum atomic E-state index is -0.416. The predicted octanol–water partition coefficient (Wildman–Crippen LogP) is 2.09. The van der Waals surface area contributed by atoms with Crippen molar-refractivity contribution >= 4 is 12.0 Å². The minimum Gasteiger partial charge on any atom is -0.497 e. The van der Waals surface area contributed by atoms with E-state index in [0.29, 0.717) is 31.5 Å². The van der Waals surface area contributed by atoms with E-state index in [0.717, 1.165) is 16.9 Å². The van der Waals surface area contributed by atoms with Gasteiger partial charge in [0.25, 0.3) is 5.89 Å². The van der Waals surface area contributed by atoms with E-state index in [1.807, 2.05) is 31.3 Å². The van der Waals surface area contributed by atoms with Crippen molar-refractivity contribution in [3.05, 3.63) is 54.1 Å². The summed E-state index contributed by atoms with van der Waals surface area (Å²) in [6, 6.07) is 7.08. The summed E-state index contributed by atoms with van der Waals surface area (Å²) < 4.78 is 17.8. The third-order valence-electron chi connectivity index (χ3n) is 4.62. The second-order valence-electron chi connectivity index (χ2n) is 6.59. The van der Waals surface area contributed by atoms with Crippen LogP contribution in [0.5, 0.6) is 5.75 Å². The number of amides is 1. The van der Waals surface area contributed by atoms with Crippen LogP contribution >= 0.6 is 0 Å². The van der Waals surface area contributed by atoms with Crippen LogP contribution in [-0.2, 0) is 16.6 Å². The first-order chi connectivity index (χ1) is 14.1. The van der Waals surface area contributed by atoms with Gasteiger partial charge in [-0.1, -0.05) is 17.3 Å². The molecule has 0 saturated carbocycles. The highest BCUT2D eigenvalue weighted by molar-refractivity contribution is 5.92. The van der Waals surface area contributed by atoms with Gasteiger partial charge in [-0.2, -0.15) is 10.1 Å². The first-order valence-corrected chi connectivity index (χ1v) is 9.17. The second kappa shape index (κ2) is 8.27. The Morgan fingerprint density at radius 3 is 3.07 bits per heavy atom. The largest absolute Gasteiger partial charge is 0.497 e. The summed E-state index contributed by atoms with van der Waals surface area (Å²) in [6.07, 6.45) is 6.73. The van der Waals surface area contributed by atoms with Gasteiger partial charge in [-0.3, -0.25) is 9.48 Å². The highest BCUT2D eigenvalue weighted by atomic mass is 16.5. The Bertz CT molecular complexity index is 1030. The van der Waals surface area contributed by atoms with Crippen LogP contribution in [0.25, 0.3) is 17.5 Å². The topological polar surface area (TPSA) is 95.5 Å². The summed E-state index contributed by atoms with van der Waals surface area (Å²) in [4.78, 5) is 19.0. The Labute approximate surface area is 167 Å². The van der Waals surface area contributed by atoms with Gasteiger partial charge in [0.15, 0.2) is 5.82 Å². The van der Waals surface area contributed by atoms with Gasteiger partial charge in [-0.05, 0) is 23.8 Å². The fraction of sp³-hybridized carbons (Fsp3) is 0.300. The molecule has 0 aliphatic carbocycles. The third-order valence-corrected chi connectivity index (χ3v) is 4.62. The van der Waals surface area contributed by atoms with Crippen LogP contribution in [0.1, 0.15) is 17.4 Å². The number of nitrogens with zero attached hydrogens (tertiary/aromatic N) is 5. The molecule has 1 amide bonds. The van der Waals surface area contributed by atoms with Crippen molar-refractivity contribution in [3.63, 3.8) is 0 Å². The summed E-state index contributed by atoms with van der Waals surface area (Å²) in [5.41, 5.74) is 1.60. The first-order valence-electron chi connectivity index (χ1n) is 9.17. The molecule has 1 aliphatic rings. The zero-order valence-corrected chi connectivity index (χ0v) is 16.2. The lowest BCUT2D eigenvalue weighted by molar-refractivity contribution is -0.135. The van der Waals surface area contributed by atoms with Crippen molar-refractivity contribution in [2.24, 2.45) is 7.05 Å². The van der Waals surface area contributed by atoms with E-state index in [9.17, 15) is 4.79 Å². The first kappa shape index (κ1) is 18.9. The maximum atomic E-state index is 12.8. The van der Waals surface area contributed by atoms with E-state index >= 15 is 0 Å². The molecule has 4 rings (SSSR count). The standard InChI is InChI=1S/C20H21N5O4/c1-24-12-15(11-21-24)20-22-19(23-29-20)17-13-28-9-8-25(17)18(26)7-6-14-4-3-5-16(10-14)27-2/h3-7,10-12,17H,8-9,13H2,1-2H3. The zero-order chi connectivity index (χ0) is 20.2. The molecule has 9 nitrogen and oxygen atoms in total. The van der Waals surface area contributed by atoms with E-state index in [1.165, 1.54) is 6.08 Å². The molecule has 9 heteroatoms. The molecule has 2 aromatic heterocycles. The van der Waals surface area contributed by atoms with Gasteiger partial charge in [-0.25, -0.2) is 0 Å². The van der Waals surface area contributed by atoms with Gasteiger partial charge in [-0.15, -0.1) is 0 Å². The molecule has 1 unspecified atom stereocenters. The molecule has 1 aliphatic heterocycles. The Morgan fingerprint density at radius 1 is 1.38 bits per heavy atom. The van der Waals surface area contributed by atoms with Gasteiger partial charge in [0.2, 0.25) is 5.91 Å². The molecule has 0 spiro atoms. The minimum absolute atomic E-state index is 0.145. The molecule has 1 atom stereocenters. The van der Waals surface area contributed by atoms with Crippen LogP contribution in [0.3, 0.4) is 0 Å². The van der Waals surface area contributed by atoms with Gasteiger partial charge in [0.05, 0.1) is 32.1 Å². The van der Waals surface area contributed by atoms with Crippen LogP contribution in [0, 0.1) is 0 Å². The maximum Gasteiger partial charge on any atom is 0.261 e. The third kappa shape index (κ3) is 4.19. The number of hydrogen-bond acceptors (Lipinski definition) is 7. The summed E-state index contributed by atoms with van der Waals surface area (Å²) in [5, 5.41) is 8.17. The lowest BCUT2D eigenvalue weighted by Crippen LogP contribution is -2.43. The number of hydrogen-bond donors (Lipinski definition) is 0. The van der Waals surface area contributed by atoms with Gasteiger partial charge < -0.3 is 18.9 Å². The lowest BCUT2D eigenvalue weighted by atomic mass is 10.1. The number of benzene rings is 1. The van der Waals surface area contributed by atoms with Crippen LogP contribution in [-0.4, -0.2) is 57.6 Å². The van der Waals surface area contributed by atoms with Gasteiger partial charge in [0.1, 0.15) is 11.8 Å². The Hall–Kier alpha value is -3.46. The van der Waals surface area contributed by atoms with Crippen molar-refractivity contribution in [1.29, 1.82) is 0 Å².